The van der Waals surface area contributed by atoms with E-state index in [9.17, 15) is 10.1 Å². The number of fused-ring (bicyclic) bond motifs is 1. The molecule has 3 rings (SSSR count). The van der Waals surface area contributed by atoms with Crippen LogP contribution in [0.25, 0.3) is 11.0 Å². The van der Waals surface area contributed by atoms with Crippen LogP contribution in [0.4, 0.5) is 0 Å². The SMILES string of the molecule is N#CC(C(=O)c1ccccc1)c1cccc2nonc12.[Na+]. The molecule has 0 aliphatic heterocycles. The summed E-state index contributed by atoms with van der Waals surface area (Å²) >= 11 is 0. The van der Waals surface area contributed by atoms with Gasteiger partial charge in [-0.05, 0) is 16.4 Å². The standard InChI is InChI=1S/C15H9N3O2.Na/c16-9-12(15(19)10-5-2-1-3-6-10)11-7-4-8-13-14(11)18-20-17-13;/h1-8,12H;/q;+1. The first-order valence-corrected chi connectivity index (χ1v) is 6.01. The van der Waals surface area contributed by atoms with Crippen molar-refractivity contribution in [3.8, 4) is 6.07 Å². The maximum atomic E-state index is 12.4. The van der Waals surface area contributed by atoms with E-state index in [1.165, 1.54) is 0 Å². The topological polar surface area (TPSA) is 79.8 Å². The molecular formula is C15H9N3NaO2+. The van der Waals surface area contributed by atoms with Crippen molar-refractivity contribution in [2.24, 2.45) is 0 Å². The second kappa shape index (κ2) is 6.64. The number of hydrogen-bond acceptors (Lipinski definition) is 5. The van der Waals surface area contributed by atoms with Gasteiger partial charge in [0.05, 0.1) is 6.07 Å². The molecule has 0 aliphatic rings. The van der Waals surface area contributed by atoms with Crippen molar-refractivity contribution in [1.29, 1.82) is 5.26 Å². The Morgan fingerprint density at radius 1 is 1.10 bits per heavy atom. The van der Waals surface area contributed by atoms with Gasteiger partial charge in [0.2, 0.25) is 0 Å². The van der Waals surface area contributed by atoms with Crippen LogP contribution < -0.4 is 29.6 Å². The monoisotopic (exact) mass is 286 g/mol. The Labute approximate surface area is 142 Å². The van der Waals surface area contributed by atoms with Crippen molar-refractivity contribution in [2.75, 3.05) is 0 Å². The Hall–Kier alpha value is -2.00. The third kappa shape index (κ3) is 2.88. The van der Waals surface area contributed by atoms with E-state index in [2.05, 4.69) is 14.9 Å². The second-order valence-electron chi connectivity index (χ2n) is 4.27. The average molecular weight is 286 g/mol. The number of aromatic nitrogens is 2. The van der Waals surface area contributed by atoms with Gasteiger partial charge in [0.25, 0.3) is 0 Å². The molecule has 0 fully saturated rings. The van der Waals surface area contributed by atoms with Crippen LogP contribution >= 0.6 is 0 Å². The molecule has 0 aliphatic carbocycles. The minimum atomic E-state index is -0.923. The van der Waals surface area contributed by atoms with Crippen molar-refractivity contribution in [3.05, 3.63) is 59.7 Å². The molecular weight excluding hydrogens is 277 g/mol. The van der Waals surface area contributed by atoms with Crippen molar-refractivity contribution in [3.63, 3.8) is 0 Å². The number of ketones is 1. The van der Waals surface area contributed by atoms with E-state index in [1.807, 2.05) is 12.1 Å². The average Bonchev–Trinajstić information content (AvgIpc) is 2.98. The number of carbonyl (C=O) groups excluding carboxylic acids is 1. The fourth-order valence-electron chi connectivity index (χ4n) is 2.10. The molecule has 1 atom stereocenters. The summed E-state index contributed by atoms with van der Waals surface area (Å²) in [6.07, 6.45) is 0. The Morgan fingerprint density at radius 3 is 2.57 bits per heavy atom. The Kier molecular flexibility index (Phi) is 4.86. The summed E-state index contributed by atoms with van der Waals surface area (Å²) in [7, 11) is 0. The fourth-order valence-corrected chi connectivity index (χ4v) is 2.10. The van der Waals surface area contributed by atoms with Gasteiger partial charge in [-0.2, -0.15) is 5.26 Å². The number of Topliss-reactive ketones (excluding diaryl/α,β-unsaturated/α-hetero) is 1. The summed E-state index contributed by atoms with van der Waals surface area (Å²) < 4.78 is 4.66. The van der Waals surface area contributed by atoms with Gasteiger partial charge in [0.15, 0.2) is 5.78 Å². The predicted molar refractivity (Wildman–Crippen MR) is 70.9 cm³/mol. The summed E-state index contributed by atoms with van der Waals surface area (Å²) in [5.41, 5.74) is 1.99. The third-order valence-corrected chi connectivity index (χ3v) is 3.08. The molecule has 5 nitrogen and oxygen atoms in total. The smallest absolute Gasteiger partial charge is 0.292 e. The first-order valence-electron chi connectivity index (χ1n) is 6.01. The fraction of sp³-hybridized carbons (Fsp3) is 0.0667. The minimum Gasteiger partial charge on any atom is -0.292 e. The number of nitriles is 1. The van der Waals surface area contributed by atoms with Gasteiger partial charge in [-0.1, -0.05) is 42.5 Å². The Bertz CT molecular complexity index is 808. The molecule has 6 heteroatoms. The number of benzene rings is 2. The molecule has 3 aromatic rings. The zero-order valence-corrected chi connectivity index (χ0v) is 13.4. The van der Waals surface area contributed by atoms with Gasteiger partial charge in [0.1, 0.15) is 17.0 Å². The molecule has 21 heavy (non-hydrogen) atoms. The van der Waals surface area contributed by atoms with Crippen molar-refractivity contribution < 1.29 is 39.0 Å². The molecule has 0 radical (unpaired) electrons. The molecule has 0 amide bonds. The third-order valence-electron chi connectivity index (χ3n) is 3.08. The van der Waals surface area contributed by atoms with E-state index in [0.29, 0.717) is 22.2 Å². The van der Waals surface area contributed by atoms with Crippen LogP contribution in [0.1, 0.15) is 21.8 Å². The minimum absolute atomic E-state index is 0. The summed E-state index contributed by atoms with van der Waals surface area (Å²) in [6.45, 7) is 0. The number of rotatable bonds is 3. The van der Waals surface area contributed by atoms with E-state index in [1.54, 1.807) is 42.5 Å². The Balaban J connectivity index is 0.00000161. The zero-order chi connectivity index (χ0) is 13.9. The van der Waals surface area contributed by atoms with E-state index >= 15 is 0 Å². The Morgan fingerprint density at radius 2 is 1.86 bits per heavy atom. The van der Waals surface area contributed by atoms with Crippen LogP contribution in [0.15, 0.2) is 53.2 Å². The molecule has 0 N–H and O–H groups in total. The number of carbonyl (C=O) groups is 1. The first kappa shape index (κ1) is 15.4. The summed E-state index contributed by atoms with van der Waals surface area (Å²) in [5.74, 6) is -1.18. The van der Waals surface area contributed by atoms with Gasteiger partial charge in [-0.25, -0.2) is 4.63 Å². The van der Waals surface area contributed by atoms with Crippen molar-refractivity contribution in [1.82, 2.24) is 10.3 Å². The van der Waals surface area contributed by atoms with E-state index in [4.69, 9.17) is 0 Å². The van der Waals surface area contributed by atoms with Crippen molar-refractivity contribution in [2.45, 2.75) is 5.92 Å². The molecule has 1 unspecified atom stereocenters. The van der Waals surface area contributed by atoms with Gasteiger partial charge in [0, 0.05) is 11.1 Å². The maximum absolute atomic E-state index is 12.4. The largest absolute Gasteiger partial charge is 1.00 e. The van der Waals surface area contributed by atoms with Crippen LogP contribution in [-0.2, 0) is 0 Å². The van der Waals surface area contributed by atoms with Gasteiger partial charge in [-0.15, -0.1) is 0 Å². The normalized spacial score (nSPS) is 11.4. The van der Waals surface area contributed by atoms with E-state index in [0.717, 1.165) is 0 Å². The van der Waals surface area contributed by atoms with Crippen LogP contribution in [-0.4, -0.2) is 16.1 Å². The summed E-state index contributed by atoms with van der Waals surface area (Å²) in [5, 5.41) is 16.9. The molecule has 1 aromatic heterocycles. The van der Waals surface area contributed by atoms with Gasteiger partial charge < -0.3 is 0 Å². The zero-order valence-electron chi connectivity index (χ0n) is 11.4. The van der Waals surface area contributed by atoms with Crippen LogP contribution in [0.2, 0.25) is 0 Å². The molecule has 0 bridgehead atoms. The molecule has 0 saturated carbocycles. The second-order valence-corrected chi connectivity index (χ2v) is 4.27. The molecule has 1 heterocycles. The molecule has 0 saturated heterocycles. The molecule has 0 spiro atoms. The van der Waals surface area contributed by atoms with E-state index < -0.39 is 5.92 Å². The van der Waals surface area contributed by atoms with Crippen molar-refractivity contribution >= 4 is 16.8 Å². The summed E-state index contributed by atoms with van der Waals surface area (Å²) in [4.78, 5) is 12.4. The van der Waals surface area contributed by atoms with Crippen LogP contribution in [0, 0.1) is 11.3 Å². The first-order chi connectivity index (χ1) is 9.81. The molecule has 96 valence electrons. The number of hydrogen-bond donors (Lipinski definition) is 0. The van der Waals surface area contributed by atoms with Crippen LogP contribution in [0.3, 0.4) is 0 Å². The predicted octanol–water partition coefficient (Wildman–Crippen LogP) is -0.283. The van der Waals surface area contributed by atoms with Gasteiger partial charge in [-0.3, -0.25) is 4.79 Å². The number of nitrogens with zero attached hydrogens (tertiary/aromatic N) is 3. The molecule has 2 aromatic carbocycles. The van der Waals surface area contributed by atoms with E-state index in [-0.39, 0.29) is 35.3 Å². The quantitative estimate of drug-likeness (QED) is 0.488. The van der Waals surface area contributed by atoms with Gasteiger partial charge >= 0.3 is 29.6 Å². The maximum Gasteiger partial charge on any atom is 1.00 e. The van der Waals surface area contributed by atoms with Crippen LogP contribution in [0.5, 0.6) is 0 Å². The summed E-state index contributed by atoms with van der Waals surface area (Å²) in [6, 6.07) is 15.9.